The fraction of sp³-hybridized carbons (Fsp3) is 0.0588. The van der Waals surface area contributed by atoms with Gasteiger partial charge in [-0.25, -0.2) is 9.18 Å². The number of carboxylic acids is 1. The van der Waals surface area contributed by atoms with Crippen LogP contribution in [0.1, 0.15) is 11.1 Å². The topological polar surface area (TPSA) is 66.4 Å². The minimum absolute atomic E-state index is 0.154. The maximum atomic E-state index is 12.8. The van der Waals surface area contributed by atoms with Crippen molar-refractivity contribution >= 4 is 23.6 Å². The Bertz CT molecular complexity index is 691. The molecular weight excluding hydrogens is 285 g/mol. The van der Waals surface area contributed by atoms with E-state index in [0.717, 1.165) is 17.2 Å². The van der Waals surface area contributed by atoms with Gasteiger partial charge in [-0.3, -0.25) is 4.79 Å². The molecule has 0 aliphatic rings. The number of hydrogen-bond donors (Lipinski definition) is 2. The van der Waals surface area contributed by atoms with Crippen LogP contribution in [0, 0.1) is 5.82 Å². The average Bonchev–Trinajstić information content (AvgIpc) is 2.49. The summed E-state index contributed by atoms with van der Waals surface area (Å²) in [5.74, 6) is -1.56. The molecule has 0 saturated heterocycles. The lowest BCUT2D eigenvalue weighted by Gasteiger charge is -2.06. The minimum atomic E-state index is -1.02. The standard InChI is InChI=1S/C17H14FNO3/c18-14-6-1-13(2-7-14)11-16(20)19-15-8-3-12(4-9-15)5-10-17(21)22/h1-10H,11H2,(H,19,20)(H,21,22). The van der Waals surface area contributed by atoms with Gasteiger partial charge in [-0.1, -0.05) is 24.3 Å². The van der Waals surface area contributed by atoms with Gasteiger partial charge >= 0.3 is 5.97 Å². The first-order chi connectivity index (χ1) is 10.5. The van der Waals surface area contributed by atoms with Crippen molar-refractivity contribution in [2.45, 2.75) is 6.42 Å². The average molecular weight is 299 g/mol. The second-order valence-corrected chi connectivity index (χ2v) is 4.64. The molecule has 0 aromatic heterocycles. The molecule has 2 aromatic rings. The Labute approximate surface area is 126 Å². The van der Waals surface area contributed by atoms with Crippen LogP contribution < -0.4 is 5.32 Å². The van der Waals surface area contributed by atoms with E-state index in [-0.39, 0.29) is 18.1 Å². The van der Waals surface area contributed by atoms with E-state index in [2.05, 4.69) is 5.32 Å². The number of nitrogens with one attached hydrogen (secondary N) is 1. The van der Waals surface area contributed by atoms with Crippen molar-refractivity contribution in [1.29, 1.82) is 0 Å². The zero-order valence-electron chi connectivity index (χ0n) is 11.6. The number of hydrogen-bond acceptors (Lipinski definition) is 2. The molecule has 0 aliphatic heterocycles. The van der Waals surface area contributed by atoms with Gasteiger partial charge in [0.1, 0.15) is 5.82 Å². The highest BCUT2D eigenvalue weighted by atomic mass is 19.1. The van der Waals surface area contributed by atoms with E-state index >= 15 is 0 Å². The maximum absolute atomic E-state index is 12.8. The van der Waals surface area contributed by atoms with Gasteiger partial charge in [0.05, 0.1) is 6.42 Å². The van der Waals surface area contributed by atoms with Crippen LogP contribution in [-0.2, 0) is 16.0 Å². The van der Waals surface area contributed by atoms with E-state index < -0.39 is 5.97 Å². The molecule has 0 radical (unpaired) electrons. The molecule has 22 heavy (non-hydrogen) atoms. The fourth-order valence-corrected chi connectivity index (χ4v) is 1.84. The van der Waals surface area contributed by atoms with Crippen molar-refractivity contribution in [1.82, 2.24) is 0 Å². The molecule has 0 unspecified atom stereocenters. The van der Waals surface area contributed by atoms with Crippen LogP contribution in [0.4, 0.5) is 10.1 Å². The van der Waals surface area contributed by atoms with Gasteiger partial charge < -0.3 is 10.4 Å². The third kappa shape index (κ3) is 4.86. The molecule has 1 amide bonds. The first-order valence-electron chi connectivity index (χ1n) is 6.58. The van der Waals surface area contributed by atoms with Crippen molar-refractivity contribution < 1.29 is 19.1 Å². The number of amides is 1. The van der Waals surface area contributed by atoms with Gasteiger partial charge in [0.25, 0.3) is 0 Å². The Balaban J connectivity index is 1.94. The minimum Gasteiger partial charge on any atom is -0.478 e. The molecule has 2 rings (SSSR count). The lowest BCUT2D eigenvalue weighted by Crippen LogP contribution is -2.14. The molecule has 0 spiro atoms. The van der Waals surface area contributed by atoms with Crippen molar-refractivity contribution in [2.24, 2.45) is 0 Å². The predicted octanol–water partition coefficient (Wildman–Crippen LogP) is 3.10. The Kier molecular flexibility index (Phi) is 5.03. The summed E-state index contributed by atoms with van der Waals surface area (Å²) in [4.78, 5) is 22.3. The van der Waals surface area contributed by atoms with Crippen LogP contribution in [0.2, 0.25) is 0 Å². The lowest BCUT2D eigenvalue weighted by atomic mass is 10.1. The summed E-state index contributed by atoms with van der Waals surface area (Å²) in [7, 11) is 0. The number of anilines is 1. The van der Waals surface area contributed by atoms with Gasteiger partial charge in [0.2, 0.25) is 5.91 Å². The van der Waals surface area contributed by atoms with Gasteiger partial charge in [-0.2, -0.15) is 0 Å². The van der Waals surface area contributed by atoms with Crippen molar-refractivity contribution in [3.8, 4) is 0 Å². The molecule has 0 heterocycles. The van der Waals surface area contributed by atoms with Crippen LogP contribution in [0.5, 0.6) is 0 Å². The lowest BCUT2D eigenvalue weighted by molar-refractivity contribution is -0.131. The largest absolute Gasteiger partial charge is 0.478 e. The molecule has 0 saturated carbocycles. The molecule has 0 bridgehead atoms. The quantitative estimate of drug-likeness (QED) is 0.834. The molecule has 2 aromatic carbocycles. The summed E-state index contributed by atoms with van der Waals surface area (Å²) in [5, 5.41) is 11.3. The van der Waals surface area contributed by atoms with E-state index in [4.69, 9.17) is 5.11 Å². The summed E-state index contributed by atoms with van der Waals surface area (Å²) < 4.78 is 12.8. The van der Waals surface area contributed by atoms with E-state index in [1.807, 2.05) is 0 Å². The number of halogens is 1. The third-order valence-corrected chi connectivity index (χ3v) is 2.89. The van der Waals surface area contributed by atoms with Gasteiger partial charge in [-0.15, -0.1) is 0 Å². The van der Waals surface area contributed by atoms with Gasteiger partial charge in [0.15, 0.2) is 0 Å². The number of rotatable bonds is 5. The zero-order valence-corrected chi connectivity index (χ0v) is 11.6. The van der Waals surface area contributed by atoms with Crippen LogP contribution in [-0.4, -0.2) is 17.0 Å². The summed E-state index contributed by atoms with van der Waals surface area (Å²) in [6.07, 6.45) is 2.66. The Hall–Kier alpha value is -2.95. The van der Waals surface area contributed by atoms with Crippen LogP contribution in [0.3, 0.4) is 0 Å². The third-order valence-electron chi connectivity index (χ3n) is 2.89. The van der Waals surface area contributed by atoms with Crippen molar-refractivity contribution in [2.75, 3.05) is 5.32 Å². The molecule has 2 N–H and O–H groups in total. The molecular formula is C17H14FNO3. The number of benzene rings is 2. The highest BCUT2D eigenvalue weighted by molar-refractivity contribution is 5.92. The first-order valence-corrected chi connectivity index (χ1v) is 6.58. The van der Waals surface area contributed by atoms with Crippen LogP contribution in [0.25, 0.3) is 6.08 Å². The molecule has 112 valence electrons. The highest BCUT2D eigenvalue weighted by Crippen LogP contribution is 2.12. The van der Waals surface area contributed by atoms with Crippen molar-refractivity contribution in [3.05, 3.63) is 71.6 Å². The fourth-order valence-electron chi connectivity index (χ4n) is 1.84. The van der Waals surface area contributed by atoms with E-state index in [1.54, 1.807) is 36.4 Å². The Morgan fingerprint density at radius 3 is 2.27 bits per heavy atom. The SMILES string of the molecule is O=C(O)C=Cc1ccc(NC(=O)Cc2ccc(F)cc2)cc1. The molecule has 5 heteroatoms. The second kappa shape index (κ2) is 7.17. The summed E-state index contributed by atoms with van der Waals surface area (Å²) in [6, 6.07) is 12.5. The van der Waals surface area contributed by atoms with E-state index in [9.17, 15) is 14.0 Å². The number of carboxylic acid groups (broad SMARTS) is 1. The number of carbonyl (C=O) groups is 2. The number of carbonyl (C=O) groups excluding carboxylic acids is 1. The monoisotopic (exact) mass is 299 g/mol. The molecule has 0 aliphatic carbocycles. The second-order valence-electron chi connectivity index (χ2n) is 4.64. The molecule has 0 fully saturated rings. The highest BCUT2D eigenvalue weighted by Gasteiger charge is 2.04. The predicted molar refractivity (Wildman–Crippen MR) is 81.8 cm³/mol. The van der Waals surface area contributed by atoms with Gasteiger partial charge in [0, 0.05) is 11.8 Å². The summed E-state index contributed by atoms with van der Waals surface area (Å²) in [6.45, 7) is 0. The summed E-state index contributed by atoms with van der Waals surface area (Å²) >= 11 is 0. The molecule has 0 atom stereocenters. The van der Waals surface area contributed by atoms with Crippen LogP contribution >= 0.6 is 0 Å². The first kappa shape index (κ1) is 15.4. The smallest absolute Gasteiger partial charge is 0.328 e. The summed E-state index contributed by atoms with van der Waals surface area (Å²) in [5.41, 5.74) is 2.05. The normalized spacial score (nSPS) is 10.6. The van der Waals surface area contributed by atoms with E-state index in [0.29, 0.717) is 5.69 Å². The van der Waals surface area contributed by atoms with Crippen LogP contribution in [0.15, 0.2) is 54.6 Å². The zero-order chi connectivity index (χ0) is 15.9. The Morgan fingerprint density at radius 1 is 1.05 bits per heavy atom. The maximum Gasteiger partial charge on any atom is 0.328 e. The van der Waals surface area contributed by atoms with Crippen molar-refractivity contribution in [3.63, 3.8) is 0 Å². The number of aliphatic carboxylic acids is 1. The van der Waals surface area contributed by atoms with E-state index in [1.165, 1.54) is 18.2 Å². The molecule has 4 nitrogen and oxygen atoms in total. The Morgan fingerprint density at radius 2 is 1.68 bits per heavy atom. The van der Waals surface area contributed by atoms with Gasteiger partial charge in [-0.05, 0) is 41.5 Å².